The molecule has 0 amide bonds. The Bertz CT molecular complexity index is 1230. The monoisotopic (exact) mass is 455 g/mol. The van der Waals surface area contributed by atoms with Gasteiger partial charge in [0.2, 0.25) is 5.95 Å². The second-order valence-electron chi connectivity index (χ2n) is 7.19. The molecule has 170 valence electrons. The third-order valence-electron chi connectivity index (χ3n) is 4.68. The zero-order chi connectivity index (χ0) is 23.8. The van der Waals surface area contributed by atoms with Gasteiger partial charge in [-0.25, -0.2) is 4.39 Å². The molecule has 0 radical (unpaired) electrons. The van der Waals surface area contributed by atoms with Gasteiger partial charge in [0.25, 0.3) is 0 Å². The molecule has 34 heavy (non-hydrogen) atoms. The van der Waals surface area contributed by atoms with Gasteiger partial charge in [0, 0.05) is 47.7 Å². The van der Waals surface area contributed by atoms with Crippen molar-refractivity contribution in [3.63, 3.8) is 0 Å². The highest BCUT2D eigenvalue weighted by atomic mass is 19.1. The molecule has 3 heterocycles. The van der Waals surface area contributed by atoms with Gasteiger partial charge in [0.05, 0.1) is 11.4 Å². The fraction of sp³-hybridized carbons (Fsp3) is 0.0833. The molecule has 0 aliphatic heterocycles. The highest BCUT2D eigenvalue weighted by Crippen LogP contribution is 2.19. The van der Waals surface area contributed by atoms with Crippen LogP contribution >= 0.6 is 0 Å². The van der Waals surface area contributed by atoms with Crippen molar-refractivity contribution in [1.82, 2.24) is 19.9 Å². The van der Waals surface area contributed by atoms with Crippen molar-refractivity contribution in [2.75, 3.05) is 16.2 Å². The van der Waals surface area contributed by atoms with Crippen LogP contribution in [0, 0.1) is 5.82 Å². The Morgan fingerprint density at radius 2 is 1.26 bits per heavy atom. The van der Waals surface area contributed by atoms with Crippen LogP contribution in [0.4, 0.5) is 27.7 Å². The fourth-order valence-corrected chi connectivity index (χ4v) is 2.91. The van der Waals surface area contributed by atoms with E-state index in [2.05, 4.69) is 46.3 Å². The minimum Gasteiger partial charge on any atom is -0.324 e. The van der Waals surface area contributed by atoms with Crippen LogP contribution in [0.15, 0.2) is 89.6 Å². The minimum absolute atomic E-state index is 0.242. The van der Waals surface area contributed by atoms with E-state index in [9.17, 15) is 4.39 Å². The lowest BCUT2D eigenvalue weighted by molar-refractivity contribution is 0.628. The molecular weight excluding hydrogens is 433 g/mol. The summed E-state index contributed by atoms with van der Waals surface area (Å²) in [6.07, 6.45) is 6.80. The van der Waals surface area contributed by atoms with Crippen molar-refractivity contribution < 1.29 is 4.39 Å². The zero-order valence-corrected chi connectivity index (χ0v) is 18.6. The number of pyridine rings is 2. The molecule has 4 rings (SSSR count). The summed E-state index contributed by atoms with van der Waals surface area (Å²) in [5, 5.41) is 11.8. The van der Waals surface area contributed by atoms with E-state index in [1.807, 2.05) is 38.1 Å². The van der Waals surface area contributed by atoms with Gasteiger partial charge >= 0.3 is 0 Å². The normalized spacial score (nSPS) is 11.7. The summed E-state index contributed by atoms with van der Waals surface area (Å²) in [7, 11) is 0. The Balaban J connectivity index is 1.60. The first-order chi connectivity index (χ1) is 16.6. The number of hydrazone groups is 2. The molecule has 0 saturated heterocycles. The predicted octanol–water partition coefficient (Wildman–Crippen LogP) is 4.82. The summed E-state index contributed by atoms with van der Waals surface area (Å²) in [5.74, 6) is 0.711. The van der Waals surface area contributed by atoms with E-state index in [-0.39, 0.29) is 11.8 Å². The number of rotatable bonds is 8. The van der Waals surface area contributed by atoms with E-state index in [0.29, 0.717) is 17.3 Å². The van der Waals surface area contributed by atoms with E-state index >= 15 is 0 Å². The molecule has 0 fully saturated rings. The molecule has 3 N–H and O–H groups in total. The Kier molecular flexibility index (Phi) is 7.09. The molecule has 1 aromatic carbocycles. The minimum atomic E-state index is -0.368. The van der Waals surface area contributed by atoms with Crippen LogP contribution in [-0.4, -0.2) is 31.4 Å². The molecule has 4 aromatic rings. The first-order valence-electron chi connectivity index (χ1n) is 10.4. The molecule has 0 atom stereocenters. The Labute approximate surface area is 195 Å². The van der Waals surface area contributed by atoms with Gasteiger partial charge in [0.1, 0.15) is 5.82 Å². The topological polar surface area (TPSA) is 112 Å². The van der Waals surface area contributed by atoms with E-state index in [1.54, 1.807) is 43.0 Å². The molecule has 0 bridgehead atoms. The smallest absolute Gasteiger partial charge is 0.231 e. The van der Waals surface area contributed by atoms with Crippen molar-refractivity contribution in [2.45, 2.75) is 13.8 Å². The summed E-state index contributed by atoms with van der Waals surface area (Å²) < 4.78 is 13.6. The lowest BCUT2D eigenvalue weighted by Crippen LogP contribution is -2.06. The highest BCUT2D eigenvalue weighted by molar-refractivity contribution is 5.99. The number of benzene rings is 1. The Hall–Kier alpha value is -4.73. The maximum Gasteiger partial charge on any atom is 0.231 e. The molecule has 3 aromatic heterocycles. The first-order valence-corrected chi connectivity index (χ1v) is 10.4. The van der Waals surface area contributed by atoms with Crippen LogP contribution in [0.3, 0.4) is 0 Å². The first kappa shape index (κ1) is 22.5. The summed E-state index contributed by atoms with van der Waals surface area (Å²) in [4.78, 5) is 16.9. The summed E-state index contributed by atoms with van der Waals surface area (Å²) >= 11 is 0. The number of hydrogen-bond donors (Lipinski definition) is 3. The molecular formula is C24H22FN9. The molecule has 0 aliphatic carbocycles. The van der Waals surface area contributed by atoms with Crippen molar-refractivity contribution in [2.24, 2.45) is 10.2 Å². The number of nitrogens with zero attached hydrogens (tertiary/aromatic N) is 6. The quantitative estimate of drug-likeness (QED) is 0.258. The van der Waals surface area contributed by atoms with Gasteiger partial charge in [-0.2, -0.15) is 20.2 Å². The zero-order valence-electron chi connectivity index (χ0n) is 18.6. The van der Waals surface area contributed by atoms with E-state index in [4.69, 9.17) is 0 Å². The molecule has 0 unspecified atom stereocenters. The molecule has 0 aliphatic rings. The molecule has 9 nitrogen and oxygen atoms in total. The van der Waals surface area contributed by atoms with Crippen LogP contribution in [0.2, 0.25) is 0 Å². The lowest BCUT2D eigenvalue weighted by Gasteiger charge is -2.10. The van der Waals surface area contributed by atoms with E-state index in [0.717, 1.165) is 22.6 Å². The van der Waals surface area contributed by atoms with Crippen LogP contribution in [0.5, 0.6) is 0 Å². The van der Waals surface area contributed by atoms with Gasteiger partial charge in [-0.1, -0.05) is 6.07 Å². The van der Waals surface area contributed by atoms with Crippen LogP contribution in [-0.2, 0) is 0 Å². The second-order valence-corrected chi connectivity index (χ2v) is 7.19. The van der Waals surface area contributed by atoms with Gasteiger partial charge in [-0.15, -0.1) is 0 Å². The standard InChI is InChI=1S/C24H22FN9/c1-16(18-6-10-26-11-7-18)31-33-22-15-23(34-32-17(2)19-8-12-27-13-9-19)30-24(29-22)28-21-5-3-4-20(25)14-21/h3-15H,1-2H3,(H3,28,29,30,33,34). The highest BCUT2D eigenvalue weighted by Gasteiger charge is 2.07. The third-order valence-corrected chi connectivity index (χ3v) is 4.68. The van der Waals surface area contributed by atoms with Crippen molar-refractivity contribution in [1.29, 1.82) is 0 Å². The second kappa shape index (κ2) is 10.7. The molecule has 10 heteroatoms. The number of aromatic nitrogens is 4. The Morgan fingerprint density at radius 3 is 1.76 bits per heavy atom. The fourth-order valence-electron chi connectivity index (χ4n) is 2.91. The third kappa shape index (κ3) is 6.16. The maximum absolute atomic E-state index is 13.6. The van der Waals surface area contributed by atoms with Gasteiger partial charge in [0.15, 0.2) is 11.6 Å². The van der Waals surface area contributed by atoms with Crippen LogP contribution < -0.4 is 16.2 Å². The van der Waals surface area contributed by atoms with Crippen molar-refractivity contribution in [3.8, 4) is 0 Å². The van der Waals surface area contributed by atoms with Crippen LogP contribution in [0.25, 0.3) is 0 Å². The number of hydrogen-bond acceptors (Lipinski definition) is 9. The number of halogens is 1. The Morgan fingerprint density at radius 1 is 0.735 bits per heavy atom. The van der Waals surface area contributed by atoms with Gasteiger partial charge < -0.3 is 5.32 Å². The lowest BCUT2D eigenvalue weighted by atomic mass is 10.2. The van der Waals surface area contributed by atoms with Crippen molar-refractivity contribution >= 4 is 34.7 Å². The SMILES string of the molecule is CC(=NNc1cc(NN=C(C)c2ccncc2)nc(Nc2cccc(F)c2)n1)c1ccncc1. The van der Waals surface area contributed by atoms with E-state index < -0.39 is 0 Å². The average Bonchev–Trinajstić information content (AvgIpc) is 2.87. The molecule has 0 spiro atoms. The maximum atomic E-state index is 13.6. The van der Waals surface area contributed by atoms with E-state index in [1.165, 1.54) is 12.1 Å². The number of anilines is 4. The average molecular weight is 456 g/mol. The summed E-state index contributed by atoms with van der Waals surface area (Å²) in [6, 6.07) is 15.2. The summed E-state index contributed by atoms with van der Waals surface area (Å²) in [6.45, 7) is 3.74. The van der Waals surface area contributed by atoms with Crippen LogP contribution in [0.1, 0.15) is 25.0 Å². The molecule has 0 saturated carbocycles. The number of nitrogens with one attached hydrogen (secondary N) is 3. The predicted molar refractivity (Wildman–Crippen MR) is 132 cm³/mol. The van der Waals surface area contributed by atoms with Gasteiger partial charge in [-0.05, 0) is 56.3 Å². The largest absolute Gasteiger partial charge is 0.324 e. The van der Waals surface area contributed by atoms with Gasteiger partial charge in [-0.3, -0.25) is 20.8 Å². The van der Waals surface area contributed by atoms with Crippen molar-refractivity contribution in [3.05, 3.63) is 96.3 Å². The summed E-state index contributed by atoms with van der Waals surface area (Å²) in [5.41, 5.74) is 9.75.